The van der Waals surface area contributed by atoms with Crippen LogP contribution in [0.15, 0.2) is 23.1 Å². The first-order valence-corrected chi connectivity index (χ1v) is 9.21. The molecule has 1 aromatic rings. The van der Waals surface area contributed by atoms with Crippen molar-refractivity contribution in [2.75, 3.05) is 18.0 Å². The van der Waals surface area contributed by atoms with Crippen LogP contribution in [0.5, 0.6) is 0 Å². The number of hydrogen-bond acceptors (Lipinski definition) is 5. The van der Waals surface area contributed by atoms with Crippen LogP contribution >= 0.6 is 12.4 Å². The molecule has 10 heteroatoms. The Labute approximate surface area is 152 Å². The number of carbonyl (C=O) groups is 2. The van der Waals surface area contributed by atoms with Crippen molar-refractivity contribution in [2.45, 2.75) is 37.1 Å². The molecule has 140 valence electrons. The van der Waals surface area contributed by atoms with Crippen LogP contribution in [0.1, 0.15) is 25.3 Å². The van der Waals surface area contributed by atoms with Gasteiger partial charge in [0.1, 0.15) is 6.04 Å². The Morgan fingerprint density at radius 2 is 2.08 bits per heavy atom. The third-order valence-electron chi connectivity index (χ3n) is 3.95. The van der Waals surface area contributed by atoms with Crippen molar-refractivity contribution >= 4 is 40.0 Å². The zero-order chi connectivity index (χ0) is 17.9. The van der Waals surface area contributed by atoms with Gasteiger partial charge in [-0.3, -0.25) is 14.9 Å². The number of hydrogen-bond donors (Lipinski definition) is 3. The molecule has 0 radical (unpaired) electrons. The number of benzene rings is 1. The van der Waals surface area contributed by atoms with Crippen LogP contribution in [-0.2, 0) is 26.0 Å². The number of rotatable bonds is 7. The summed E-state index contributed by atoms with van der Waals surface area (Å²) in [5, 5.41) is 17.0. The summed E-state index contributed by atoms with van der Waals surface area (Å²) < 4.78 is 22.8. The minimum atomic E-state index is -3.78. The largest absolute Gasteiger partial charge is 0.480 e. The second-order valence-corrected chi connectivity index (χ2v) is 7.25. The molecule has 0 fully saturated rings. The van der Waals surface area contributed by atoms with Gasteiger partial charge < -0.3 is 10.0 Å². The molecule has 1 aliphatic rings. The Kier molecular flexibility index (Phi) is 7.36. The highest BCUT2D eigenvalue weighted by atomic mass is 35.5. The molecular formula is C15H22ClN3O5S. The number of halogens is 1. The Balaban J connectivity index is 0.00000312. The Bertz CT molecular complexity index is 754. The average Bonchev–Trinajstić information content (AvgIpc) is 2.93. The molecule has 0 aliphatic carbocycles. The third-order valence-corrected chi connectivity index (χ3v) is 4.86. The SMILES string of the molecule is CCCC(NCC(=O)N1CCc2cc(S(N)(=O)=O)ccc21)C(=O)O.Cl. The van der Waals surface area contributed by atoms with E-state index >= 15 is 0 Å². The van der Waals surface area contributed by atoms with Gasteiger partial charge in [-0.05, 0) is 36.6 Å². The molecule has 1 aromatic carbocycles. The molecule has 25 heavy (non-hydrogen) atoms. The van der Waals surface area contributed by atoms with Crippen molar-refractivity contribution in [2.24, 2.45) is 5.14 Å². The smallest absolute Gasteiger partial charge is 0.320 e. The molecule has 1 aliphatic heterocycles. The number of carboxylic acid groups (broad SMARTS) is 1. The van der Waals surface area contributed by atoms with Crippen LogP contribution in [0.2, 0.25) is 0 Å². The minimum Gasteiger partial charge on any atom is -0.480 e. The standard InChI is InChI=1S/C15H21N3O5S.ClH/c1-2-3-12(15(20)21)17-9-14(19)18-7-6-10-8-11(24(16,22)23)4-5-13(10)18;/h4-5,8,12,17H,2-3,6-7,9H2,1H3,(H,20,21)(H2,16,22,23);1H. The monoisotopic (exact) mass is 391 g/mol. The number of nitrogens with two attached hydrogens (primary N) is 1. The normalized spacial score (nSPS) is 14.6. The summed E-state index contributed by atoms with van der Waals surface area (Å²) in [6, 6.07) is 3.64. The van der Waals surface area contributed by atoms with E-state index in [4.69, 9.17) is 10.2 Å². The minimum absolute atomic E-state index is 0. The number of carbonyl (C=O) groups excluding carboxylic acids is 1. The summed E-state index contributed by atoms with van der Waals surface area (Å²) in [6.07, 6.45) is 1.67. The lowest BCUT2D eigenvalue weighted by molar-refractivity contribution is -0.139. The highest BCUT2D eigenvalue weighted by Crippen LogP contribution is 2.29. The molecule has 1 heterocycles. The van der Waals surface area contributed by atoms with Gasteiger partial charge in [-0.15, -0.1) is 12.4 Å². The fourth-order valence-corrected chi connectivity index (χ4v) is 3.29. The summed E-state index contributed by atoms with van der Waals surface area (Å²) >= 11 is 0. The average molecular weight is 392 g/mol. The summed E-state index contributed by atoms with van der Waals surface area (Å²) in [7, 11) is -3.78. The molecule has 1 unspecified atom stereocenters. The van der Waals surface area contributed by atoms with Crippen LogP contribution in [0.25, 0.3) is 0 Å². The third kappa shape index (κ3) is 5.15. The van der Waals surface area contributed by atoms with Gasteiger partial charge in [0.2, 0.25) is 15.9 Å². The van der Waals surface area contributed by atoms with Crippen molar-refractivity contribution in [3.05, 3.63) is 23.8 Å². The summed E-state index contributed by atoms with van der Waals surface area (Å²) in [5.74, 6) is -1.23. The lowest BCUT2D eigenvalue weighted by Gasteiger charge is -2.20. The van der Waals surface area contributed by atoms with Crippen molar-refractivity contribution in [1.82, 2.24) is 5.32 Å². The number of nitrogens with zero attached hydrogens (tertiary/aromatic N) is 1. The fourth-order valence-electron chi connectivity index (χ4n) is 2.72. The van der Waals surface area contributed by atoms with E-state index in [0.717, 1.165) is 5.56 Å². The molecule has 0 spiro atoms. The van der Waals surface area contributed by atoms with Gasteiger partial charge in [0.15, 0.2) is 0 Å². The van der Waals surface area contributed by atoms with Crippen LogP contribution < -0.4 is 15.4 Å². The Hall–Kier alpha value is -1.68. The first-order chi connectivity index (χ1) is 11.2. The number of carboxylic acids is 1. The van der Waals surface area contributed by atoms with E-state index in [1.807, 2.05) is 6.92 Å². The number of primary sulfonamides is 1. The molecule has 0 saturated heterocycles. The second-order valence-electron chi connectivity index (χ2n) is 5.69. The maximum absolute atomic E-state index is 12.3. The van der Waals surface area contributed by atoms with E-state index in [2.05, 4.69) is 5.32 Å². The number of anilines is 1. The molecule has 2 rings (SSSR count). The van der Waals surface area contributed by atoms with E-state index in [0.29, 0.717) is 31.5 Å². The van der Waals surface area contributed by atoms with Gasteiger partial charge in [-0.25, -0.2) is 13.6 Å². The predicted molar refractivity (Wildman–Crippen MR) is 95.5 cm³/mol. The van der Waals surface area contributed by atoms with E-state index in [9.17, 15) is 18.0 Å². The van der Waals surface area contributed by atoms with Crippen LogP contribution in [0, 0.1) is 0 Å². The highest BCUT2D eigenvalue weighted by molar-refractivity contribution is 7.89. The van der Waals surface area contributed by atoms with Crippen molar-refractivity contribution in [3.8, 4) is 0 Å². The first kappa shape index (κ1) is 21.4. The highest BCUT2D eigenvalue weighted by Gasteiger charge is 2.27. The predicted octanol–water partition coefficient (Wildman–Crippen LogP) is 0.488. The molecule has 0 bridgehead atoms. The number of aliphatic carboxylic acids is 1. The van der Waals surface area contributed by atoms with Crippen molar-refractivity contribution < 1.29 is 23.1 Å². The fraction of sp³-hybridized carbons (Fsp3) is 0.467. The number of amides is 1. The molecular weight excluding hydrogens is 370 g/mol. The Morgan fingerprint density at radius 1 is 1.40 bits per heavy atom. The molecule has 0 saturated carbocycles. The zero-order valence-electron chi connectivity index (χ0n) is 13.8. The van der Waals surface area contributed by atoms with Crippen molar-refractivity contribution in [3.63, 3.8) is 0 Å². The van der Waals surface area contributed by atoms with E-state index in [1.54, 1.807) is 6.07 Å². The first-order valence-electron chi connectivity index (χ1n) is 7.66. The lowest BCUT2D eigenvalue weighted by atomic mass is 10.1. The van der Waals surface area contributed by atoms with E-state index < -0.39 is 22.0 Å². The number of fused-ring (bicyclic) bond motifs is 1. The number of nitrogens with one attached hydrogen (secondary N) is 1. The van der Waals surface area contributed by atoms with Gasteiger partial charge in [-0.1, -0.05) is 13.3 Å². The summed E-state index contributed by atoms with van der Waals surface area (Å²) in [4.78, 5) is 25.0. The molecule has 8 nitrogen and oxygen atoms in total. The van der Waals surface area contributed by atoms with Gasteiger partial charge in [0.05, 0.1) is 11.4 Å². The summed E-state index contributed by atoms with van der Waals surface area (Å²) in [5.41, 5.74) is 1.37. The Morgan fingerprint density at radius 3 is 2.64 bits per heavy atom. The van der Waals surface area contributed by atoms with Gasteiger partial charge in [0, 0.05) is 12.2 Å². The summed E-state index contributed by atoms with van der Waals surface area (Å²) in [6.45, 7) is 2.21. The molecule has 1 atom stereocenters. The van der Waals surface area contributed by atoms with E-state index in [-0.39, 0.29) is 29.8 Å². The van der Waals surface area contributed by atoms with Crippen LogP contribution in [0.4, 0.5) is 5.69 Å². The quantitative estimate of drug-likeness (QED) is 0.620. The molecule has 0 aromatic heterocycles. The van der Waals surface area contributed by atoms with Gasteiger partial charge in [0.25, 0.3) is 0 Å². The molecule has 1 amide bonds. The second kappa shape index (κ2) is 8.61. The van der Waals surface area contributed by atoms with Crippen molar-refractivity contribution in [1.29, 1.82) is 0 Å². The van der Waals surface area contributed by atoms with Crippen LogP contribution in [0.3, 0.4) is 0 Å². The zero-order valence-corrected chi connectivity index (χ0v) is 15.4. The van der Waals surface area contributed by atoms with Crippen LogP contribution in [-0.4, -0.2) is 44.5 Å². The maximum Gasteiger partial charge on any atom is 0.320 e. The van der Waals surface area contributed by atoms with E-state index in [1.165, 1.54) is 17.0 Å². The van der Waals surface area contributed by atoms with Gasteiger partial charge in [-0.2, -0.15) is 0 Å². The number of sulfonamides is 1. The van der Waals surface area contributed by atoms with Gasteiger partial charge >= 0.3 is 5.97 Å². The lowest BCUT2D eigenvalue weighted by Crippen LogP contribution is -2.44. The molecule has 4 N–H and O–H groups in total. The maximum atomic E-state index is 12.3. The topological polar surface area (TPSA) is 130 Å².